The summed E-state index contributed by atoms with van der Waals surface area (Å²) in [5, 5.41) is 9.15. The van der Waals surface area contributed by atoms with Crippen LogP contribution in [0.3, 0.4) is 0 Å². The molecule has 0 radical (unpaired) electrons. The Hall–Kier alpha value is -0.940. The van der Waals surface area contributed by atoms with Crippen LogP contribution in [0, 0.1) is 0 Å². The molecule has 72 valence electrons. The summed E-state index contributed by atoms with van der Waals surface area (Å²) in [6, 6.07) is 2.94. The standard InChI is InChI=1S/C8H11NO3S/c1-6(10)7-3-4-8(9-5-7)13(2,11)12/h3-6,10H,1-2H3/t6-/m1/s1. The highest BCUT2D eigenvalue weighted by atomic mass is 32.2. The van der Waals surface area contributed by atoms with E-state index in [-0.39, 0.29) is 5.03 Å². The van der Waals surface area contributed by atoms with Gasteiger partial charge in [-0.1, -0.05) is 6.07 Å². The summed E-state index contributed by atoms with van der Waals surface area (Å²) < 4.78 is 22.0. The van der Waals surface area contributed by atoms with E-state index in [4.69, 9.17) is 5.11 Å². The Labute approximate surface area is 77.2 Å². The maximum atomic E-state index is 11.0. The molecule has 0 aliphatic heterocycles. The summed E-state index contributed by atoms with van der Waals surface area (Å²) in [7, 11) is -3.24. The van der Waals surface area contributed by atoms with E-state index in [0.29, 0.717) is 5.56 Å². The fourth-order valence-corrected chi connectivity index (χ4v) is 1.42. The maximum absolute atomic E-state index is 11.0. The summed E-state index contributed by atoms with van der Waals surface area (Å²) in [5.41, 5.74) is 0.604. The topological polar surface area (TPSA) is 67.3 Å². The van der Waals surface area contributed by atoms with Gasteiger partial charge in [0, 0.05) is 12.5 Å². The van der Waals surface area contributed by atoms with Crippen LogP contribution in [0.5, 0.6) is 0 Å². The zero-order valence-corrected chi connectivity index (χ0v) is 8.25. The van der Waals surface area contributed by atoms with Gasteiger partial charge in [-0.25, -0.2) is 13.4 Å². The zero-order chi connectivity index (χ0) is 10.1. The third kappa shape index (κ3) is 2.50. The third-order valence-corrected chi connectivity index (χ3v) is 2.62. The first-order valence-electron chi connectivity index (χ1n) is 3.75. The van der Waals surface area contributed by atoms with E-state index in [9.17, 15) is 8.42 Å². The summed E-state index contributed by atoms with van der Waals surface area (Å²) in [6.07, 6.45) is 1.83. The average Bonchev–Trinajstić information content (AvgIpc) is 2.03. The molecule has 1 aromatic heterocycles. The quantitative estimate of drug-likeness (QED) is 0.758. The molecule has 1 heterocycles. The highest BCUT2D eigenvalue weighted by molar-refractivity contribution is 7.90. The van der Waals surface area contributed by atoms with Gasteiger partial charge in [-0.3, -0.25) is 0 Å². The van der Waals surface area contributed by atoms with E-state index in [1.807, 2.05) is 0 Å². The lowest BCUT2D eigenvalue weighted by molar-refractivity contribution is 0.198. The first-order chi connectivity index (χ1) is 5.91. The van der Waals surface area contributed by atoms with Crippen LogP contribution in [0.15, 0.2) is 23.4 Å². The first kappa shape index (κ1) is 10.1. The average molecular weight is 201 g/mol. The second kappa shape index (κ2) is 3.43. The number of pyridine rings is 1. The van der Waals surface area contributed by atoms with Crippen LogP contribution in [0.2, 0.25) is 0 Å². The lowest BCUT2D eigenvalue weighted by Gasteiger charge is -2.03. The van der Waals surface area contributed by atoms with Crippen LogP contribution in [0.4, 0.5) is 0 Å². The van der Waals surface area contributed by atoms with E-state index in [1.165, 1.54) is 12.3 Å². The number of hydrogen-bond acceptors (Lipinski definition) is 4. The highest BCUT2D eigenvalue weighted by Gasteiger charge is 2.09. The van der Waals surface area contributed by atoms with Crippen molar-refractivity contribution in [2.75, 3.05) is 6.26 Å². The number of aliphatic hydroxyl groups is 1. The summed E-state index contributed by atoms with van der Waals surface area (Å²) in [4.78, 5) is 3.72. The van der Waals surface area contributed by atoms with Crippen molar-refractivity contribution >= 4 is 9.84 Å². The predicted molar refractivity (Wildman–Crippen MR) is 48.0 cm³/mol. The van der Waals surface area contributed by atoms with Gasteiger partial charge in [0.05, 0.1) is 6.10 Å². The molecule has 1 rings (SSSR count). The van der Waals surface area contributed by atoms with Gasteiger partial charge >= 0.3 is 0 Å². The fourth-order valence-electron chi connectivity index (χ4n) is 0.858. The Balaban J connectivity index is 3.08. The molecule has 0 saturated carbocycles. The minimum absolute atomic E-state index is 0.0249. The van der Waals surface area contributed by atoms with Gasteiger partial charge < -0.3 is 5.11 Å². The van der Waals surface area contributed by atoms with Crippen LogP contribution >= 0.6 is 0 Å². The van der Waals surface area contributed by atoms with Crippen molar-refractivity contribution in [3.63, 3.8) is 0 Å². The zero-order valence-electron chi connectivity index (χ0n) is 7.43. The van der Waals surface area contributed by atoms with Gasteiger partial charge in [-0.15, -0.1) is 0 Å². The fraction of sp³-hybridized carbons (Fsp3) is 0.375. The first-order valence-corrected chi connectivity index (χ1v) is 5.64. The molecule has 0 bridgehead atoms. The molecule has 0 unspecified atom stereocenters. The highest BCUT2D eigenvalue weighted by Crippen LogP contribution is 2.12. The van der Waals surface area contributed by atoms with E-state index in [2.05, 4.69) is 4.98 Å². The smallest absolute Gasteiger partial charge is 0.192 e. The Morgan fingerprint density at radius 2 is 2.08 bits per heavy atom. The molecule has 5 heteroatoms. The molecular weight excluding hydrogens is 190 g/mol. The molecule has 4 nitrogen and oxygen atoms in total. The second-order valence-electron chi connectivity index (χ2n) is 2.88. The van der Waals surface area contributed by atoms with Gasteiger partial charge in [-0.2, -0.15) is 0 Å². The lowest BCUT2D eigenvalue weighted by Crippen LogP contribution is -2.01. The van der Waals surface area contributed by atoms with Crippen molar-refractivity contribution in [1.82, 2.24) is 4.98 Å². The number of hydrogen-bond donors (Lipinski definition) is 1. The predicted octanol–water partition coefficient (Wildman–Crippen LogP) is 0.538. The molecule has 1 atom stereocenters. The molecule has 0 amide bonds. The van der Waals surface area contributed by atoms with Gasteiger partial charge in [-0.05, 0) is 18.6 Å². The van der Waals surface area contributed by atoms with Crippen LogP contribution in [-0.2, 0) is 9.84 Å². The SMILES string of the molecule is C[C@@H](O)c1ccc(S(C)(=O)=O)nc1. The minimum Gasteiger partial charge on any atom is -0.389 e. The Morgan fingerprint density at radius 3 is 2.38 bits per heavy atom. The molecule has 1 N–H and O–H groups in total. The van der Waals surface area contributed by atoms with Crippen molar-refractivity contribution in [2.24, 2.45) is 0 Å². The molecule has 0 fully saturated rings. The number of sulfone groups is 1. The number of nitrogens with zero attached hydrogens (tertiary/aromatic N) is 1. The molecule has 0 aliphatic carbocycles. The maximum Gasteiger partial charge on any atom is 0.192 e. The van der Waals surface area contributed by atoms with E-state index >= 15 is 0 Å². The Morgan fingerprint density at radius 1 is 1.46 bits per heavy atom. The van der Waals surface area contributed by atoms with Crippen LogP contribution in [0.1, 0.15) is 18.6 Å². The second-order valence-corrected chi connectivity index (χ2v) is 4.84. The minimum atomic E-state index is -3.24. The Kier molecular flexibility index (Phi) is 2.68. The normalized spacial score (nSPS) is 14.1. The monoisotopic (exact) mass is 201 g/mol. The van der Waals surface area contributed by atoms with Crippen molar-refractivity contribution in [1.29, 1.82) is 0 Å². The summed E-state index contributed by atoms with van der Waals surface area (Å²) >= 11 is 0. The molecule has 0 saturated heterocycles. The molecular formula is C8H11NO3S. The largest absolute Gasteiger partial charge is 0.389 e. The van der Waals surface area contributed by atoms with Crippen LogP contribution in [-0.4, -0.2) is 24.8 Å². The number of aliphatic hydroxyl groups excluding tert-OH is 1. The number of rotatable bonds is 2. The molecule has 1 aromatic rings. The lowest BCUT2D eigenvalue weighted by atomic mass is 10.2. The summed E-state index contributed by atoms with van der Waals surface area (Å²) in [6.45, 7) is 1.59. The van der Waals surface area contributed by atoms with Gasteiger partial charge in [0.1, 0.15) is 0 Å². The van der Waals surface area contributed by atoms with Crippen molar-refractivity contribution in [2.45, 2.75) is 18.1 Å². The van der Waals surface area contributed by atoms with Gasteiger partial charge in [0.25, 0.3) is 0 Å². The van der Waals surface area contributed by atoms with E-state index in [1.54, 1.807) is 13.0 Å². The molecule has 13 heavy (non-hydrogen) atoms. The van der Waals surface area contributed by atoms with E-state index < -0.39 is 15.9 Å². The van der Waals surface area contributed by atoms with E-state index in [0.717, 1.165) is 6.26 Å². The molecule has 0 aliphatic rings. The Bertz CT molecular complexity index is 380. The van der Waals surface area contributed by atoms with Gasteiger partial charge in [0.15, 0.2) is 14.9 Å². The van der Waals surface area contributed by atoms with Crippen molar-refractivity contribution in [3.8, 4) is 0 Å². The van der Waals surface area contributed by atoms with Crippen molar-refractivity contribution in [3.05, 3.63) is 23.9 Å². The third-order valence-electron chi connectivity index (χ3n) is 1.62. The van der Waals surface area contributed by atoms with Gasteiger partial charge in [0.2, 0.25) is 0 Å². The van der Waals surface area contributed by atoms with Crippen LogP contribution in [0.25, 0.3) is 0 Å². The summed E-state index contributed by atoms with van der Waals surface area (Å²) in [5.74, 6) is 0. The molecule has 0 aromatic carbocycles. The van der Waals surface area contributed by atoms with Crippen molar-refractivity contribution < 1.29 is 13.5 Å². The van der Waals surface area contributed by atoms with Crippen LogP contribution < -0.4 is 0 Å². The number of aromatic nitrogens is 1. The molecule has 0 spiro atoms.